The first kappa shape index (κ1) is 22.7. The Morgan fingerprint density at radius 3 is 2.48 bits per heavy atom. The van der Waals surface area contributed by atoms with Gasteiger partial charge in [-0.2, -0.15) is 0 Å². The molecule has 3 N–H and O–H groups in total. The molecule has 0 saturated carbocycles. The predicted octanol–water partition coefficient (Wildman–Crippen LogP) is 4.88. The molecule has 29 heavy (non-hydrogen) atoms. The lowest BCUT2D eigenvalue weighted by Crippen LogP contribution is -2.13. The number of hydrogen-bond donors (Lipinski definition) is 3. The van der Waals surface area contributed by atoms with Crippen LogP contribution in [-0.4, -0.2) is 28.7 Å². The number of hydrogen-bond acceptors (Lipinski definition) is 4. The fourth-order valence-electron chi connectivity index (χ4n) is 2.68. The number of phenolic OH excluding ortho intramolecular Hbond substituents is 1. The Kier molecular flexibility index (Phi) is 7.67. The highest BCUT2D eigenvalue weighted by atomic mass is 79.9. The summed E-state index contributed by atoms with van der Waals surface area (Å²) in [5.41, 5.74) is 1.95. The van der Waals surface area contributed by atoms with Crippen LogP contribution >= 0.6 is 15.9 Å². The topological polar surface area (TPSA) is 95.9 Å². The fraction of sp³-hybridized carbons (Fsp3) is 0.364. The van der Waals surface area contributed by atoms with Crippen molar-refractivity contribution < 1.29 is 24.5 Å². The van der Waals surface area contributed by atoms with Gasteiger partial charge in [0, 0.05) is 6.42 Å². The van der Waals surface area contributed by atoms with Crippen molar-refractivity contribution in [3.05, 3.63) is 52.0 Å². The van der Waals surface area contributed by atoms with E-state index in [1.807, 2.05) is 18.2 Å². The number of carbonyl (C=O) groups excluding carboxylic acids is 1. The number of rotatable bonds is 8. The quantitative estimate of drug-likeness (QED) is 0.383. The minimum Gasteiger partial charge on any atom is -0.506 e. The van der Waals surface area contributed by atoms with E-state index in [1.165, 1.54) is 23.8 Å². The molecular formula is C22H26BrNO5. The van der Waals surface area contributed by atoms with Crippen LogP contribution in [0.5, 0.6) is 11.5 Å². The van der Waals surface area contributed by atoms with Crippen molar-refractivity contribution >= 4 is 33.5 Å². The summed E-state index contributed by atoms with van der Waals surface area (Å²) < 4.78 is 6.62. The first-order chi connectivity index (χ1) is 13.6. The number of ether oxygens (including phenoxy) is 1. The maximum absolute atomic E-state index is 12.1. The molecule has 2 rings (SSSR count). The zero-order valence-corrected chi connectivity index (χ0v) is 18.4. The number of carboxylic acid groups (broad SMARTS) is 1. The van der Waals surface area contributed by atoms with Gasteiger partial charge in [0.05, 0.1) is 23.2 Å². The maximum atomic E-state index is 12.1. The van der Waals surface area contributed by atoms with Crippen LogP contribution < -0.4 is 10.1 Å². The fourth-order valence-corrected chi connectivity index (χ4v) is 3.17. The highest BCUT2D eigenvalue weighted by Crippen LogP contribution is 2.31. The van der Waals surface area contributed by atoms with Crippen LogP contribution in [0.25, 0.3) is 0 Å². The minimum absolute atomic E-state index is 0.0481. The molecule has 0 fully saturated rings. The molecule has 2 aromatic rings. The Hall–Kier alpha value is -2.54. The van der Waals surface area contributed by atoms with Crippen LogP contribution in [0.2, 0.25) is 0 Å². The normalized spacial score (nSPS) is 11.2. The summed E-state index contributed by atoms with van der Waals surface area (Å²) in [5.74, 6) is -0.644. The van der Waals surface area contributed by atoms with Gasteiger partial charge in [-0.3, -0.25) is 9.59 Å². The third-order valence-corrected chi connectivity index (χ3v) is 4.91. The number of carbonyl (C=O) groups is 2. The standard InChI is InChI=1S/C22H26BrNO5/c1-22(2,3)15-7-9-19(16(23)13-15)29-10-4-5-20(26)24-17-11-14(12-21(27)28)6-8-18(17)25/h6-9,11,13,25H,4-5,10,12H2,1-3H3,(H,24,26)(H,27,28). The summed E-state index contributed by atoms with van der Waals surface area (Å²) in [6.45, 7) is 6.79. The van der Waals surface area contributed by atoms with E-state index in [4.69, 9.17) is 9.84 Å². The lowest BCUT2D eigenvalue weighted by Gasteiger charge is -2.20. The predicted molar refractivity (Wildman–Crippen MR) is 116 cm³/mol. The van der Waals surface area contributed by atoms with Crippen molar-refractivity contribution in [2.75, 3.05) is 11.9 Å². The number of nitrogens with one attached hydrogen (secondary N) is 1. The average molecular weight is 464 g/mol. The third kappa shape index (κ3) is 7.09. The van der Waals surface area contributed by atoms with Crippen molar-refractivity contribution in [3.8, 4) is 11.5 Å². The van der Waals surface area contributed by atoms with Crippen LogP contribution in [-0.2, 0) is 21.4 Å². The van der Waals surface area contributed by atoms with Gasteiger partial charge in [-0.25, -0.2) is 0 Å². The summed E-state index contributed by atoms with van der Waals surface area (Å²) >= 11 is 3.52. The SMILES string of the molecule is CC(C)(C)c1ccc(OCCCC(=O)Nc2cc(CC(=O)O)ccc2O)c(Br)c1. The number of aromatic hydroxyl groups is 1. The van der Waals surface area contributed by atoms with Gasteiger partial charge in [0.15, 0.2) is 0 Å². The first-order valence-electron chi connectivity index (χ1n) is 9.32. The Bertz CT molecular complexity index is 889. The second-order valence-electron chi connectivity index (χ2n) is 7.82. The van der Waals surface area contributed by atoms with E-state index < -0.39 is 5.97 Å². The largest absolute Gasteiger partial charge is 0.506 e. The molecule has 0 atom stereocenters. The van der Waals surface area contributed by atoms with Crippen molar-refractivity contribution in [2.24, 2.45) is 0 Å². The van der Waals surface area contributed by atoms with Crippen molar-refractivity contribution in [2.45, 2.75) is 45.4 Å². The van der Waals surface area contributed by atoms with E-state index in [-0.39, 0.29) is 35.6 Å². The van der Waals surface area contributed by atoms with Crippen LogP contribution in [0.4, 0.5) is 5.69 Å². The molecular weight excluding hydrogens is 438 g/mol. The Morgan fingerprint density at radius 1 is 1.14 bits per heavy atom. The molecule has 0 aliphatic heterocycles. The molecule has 0 saturated heterocycles. The zero-order valence-electron chi connectivity index (χ0n) is 16.8. The first-order valence-corrected chi connectivity index (χ1v) is 10.1. The molecule has 0 bridgehead atoms. The summed E-state index contributed by atoms with van der Waals surface area (Å²) in [6.07, 6.45) is 0.523. The summed E-state index contributed by atoms with van der Waals surface area (Å²) in [7, 11) is 0. The van der Waals surface area contributed by atoms with Gasteiger partial charge in [0.2, 0.25) is 5.91 Å². The summed E-state index contributed by atoms with van der Waals surface area (Å²) in [5, 5.41) is 21.3. The van der Waals surface area contributed by atoms with Crippen LogP contribution in [0, 0.1) is 0 Å². The number of anilines is 1. The molecule has 0 aromatic heterocycles. The van der Waals surface area contributed by atoms with Crippen LogP contribution in [0.1, 0.15) is 44.7 Å². The van der Waals surface area contributed by atoms with Gasteiger partial charge in [-0.1, -0.05) is 32.9 Å². The molecule has 0 spiro atoms. The Morgan fingerprint density at radius 2 is 1.86 bits per heavy atom. The maximum Gasteiger partial charge on any atom is 0.307 e. The number of carboxylic acids is 1. The second kappa shape index (κ2) is 9.78. The van der Waals surface area contributed by atoms with Gasteiger partial charge in [0.1, 0.15) is 11.5 Å². The van der Waals surface area contributed by atoms with Crippen molar-refractivity contribution in [1.82, 2.24) is 0 Å². The number of benzene rings is 2. The van der Waals surface area contributed by atoms with E-state index in [2.05, 4.69) is 42.0 Å². The molecule has 0 aliphatic rings. The molecule has 6 nitrogen and oxygen atoms in total. The monoisotopic (exact) mass is 463 g/mol. The summed E-state index contributed by atoms with van der Waals surface area (Å²) in [4.78, 5) is 22.9. The van der Waals surface area contributed by atoms with Crippen molar-refractivity contribution in [3.63, 3.8) is 0 Å². The lowest BCUT2D eigenvalue weighted by molar-refractivity contribution is -0.136. The molecule has 1 amide bonds. The van der Waals surface area contributed by atoms with E-state index >= 15 is 0 Å². The molecule has 0 unspecified atom stereocenters. The second-order valence-corrected chi connectivity index (χ2v) is 8.67. The number of aliphatic carboxylic acids is 1. The summed E-state index contributed by atoms with van der Waals surface area (Å²) in [6, 6.07) is 10.3. The van der Waals surface area contributed by atoms with Gasteiger partial charge >= 0.3 is 5.97 Å². The van der Waals surface area contributed by atoms with E-state index in [0.29, 0.717) is 18.6 Å². The third-order valence-electron chi connectivity index (χ3n) is 4.29. The van der Waals surface area contributed by atoms with Crippen LogP contribution in [0.15, 0.2) is 40.9 Å². The molecule has 0 heterocycles. The lowest BCUT2D eigenvalue weighted by atomic mass is 9.87. The van der Waals surface area contributed by atoms with Crippen molar-refractivity contribution in [1.29, 1.82) is 0 Å². The Labute approximate surface area is 179 Å². The van der Waals surface area contributed by atoms with E-state index in [1.54, 1.807) is 0 Å². The number of phenols is 1. The van der Waals surface area contributed by atoms with Gasteiger partial charge in [-0.05, 0) is 63.2 Å². The zero-order chi connectivity index (χ0) is 21.6. The van der Waals surface area contributed by atoms with E-state index in [0.717, 1.165) is 10.2 Å². The van der Waals surface area contributed by atoms with Gasteiger partial charge in [0.25, 0.3) is 0 Å². The molecule has 0 radical (unpaired) electrons. The van der Waals surface area contributed by atoms with Crippen LogP contribution in [0.3, 0.4) is 0 Å². The van der Waals surface area contributed by atoms with E-state index in [9.17, 15) is 14.7 Å². The van der Waals surface area contributed by atoms with Gasteiger partial charge < -0.3 is 20.3 Å². The molecule has 2 aromatic carbocycles. The number of amides is 1. The Balaban J connectivity index is 1.84. The highest BCUT2D eigenvalue weighted by molar-refractivity contribution is 9.10. The smallest absolute Gasteiger partial charge is 0.307 e. The van der Waals surface area contributed by atoms with Gasteiger partial charge in [-0.15, -0.1) is 0 Å². The number of halogens is 1. The molecule has 156 valence electrons. The minimum atomic E-state index is -0.980. The molecule has 0 aliphatic carbocycles. The highest BCUT2D eigenvalue weighted by Gasteiger charge is 2.15. The average Bonchev–Trinajstić information content (AvgIpc) is 2.61. The molecule has 7 heteroatoms.